The van der Waals surface area contributed by atoms with Crippen molar-refractivity contribution in [1.82, 2.24) is 10.2 Å². The largest absolute Gasteiger partial charge is 0.155 e. The van der Waals surface area contributed by atoms with E-state index in [4.69, 9.17) is 34.8 Å². The number of hydrogen-bond acceptors (Lipinski definition) is 2. The van der Waals surface area contributed by atoms with Gasteiger partial charge in [-0.25, -0.2) is 0 Å². The summed E-state index contributed by atoms with van der Waals surface area (Å²) in [6, 6.07) is 1.74. The molecule has 0 amide bonds. The number of hydrogen-bond donors (Lipinski definition) is 0. The highest BCUT2D eigenvalue weighted by Gasteiger charge is 2.03. The number of nitrogens with zero attached hydrogens (tertiary/aromatic N) is 2. The molecule has 0 aliphatic rings. The highest BCUT2D eigenvalue weighted by atomic mass is 35.5. The molecule has 5 heteroatoms. The van der Waals surface area contributed by atoms with Crippen molar-refractivity contribution < 1.29 is 0 Å². The summed E-state index contributed by atoms with van der Waals surface area (Å²) in [4.78, 5) is 0. The van der Waals surface area contributed by atoms with Crippen molar-refractivity contribution in [2.45, 2.75) is 19.3 Å². The van der Waals surface area contributed by atoms with Crippen LogP contribution in [0.4, 0.5) is 0 Å². The van der Waals surface area contributed by atoms with Gasteiger partial charge in [0.1, 0.15) is 0 Å². The summed E-state index contributed by atoms with van der Waals surface area (Å²) < 4.78 is 0. The summed E-state index contributed by atoms with van der Waals surface area (Å²) in [6.45, 7) is 0. The summed E-state index contributed by atoms with van der Waals surface area (Å²) >= 11 is 17.0. The molecule has 13 heavy (non-hydrogen) atoms. The van der Waals surface area contributed by atoms with Gasteiger partial charge in [0.25, 0.3) is 0 Å². The Balaban J connectivity index is 2.59. The van der Waals surface area contributed by atoms with Crippen molar-refractivity contribution in [3.05, 3.63) is 21.9 Å². The molecule has 0 aromatic carbocycles. The maximum absolute atomic E-state index is 5.81. The smallest absolute Gasteiger partial charge is 0.137 e. The lowest BCUT2D eigenvalue weighted by Gasteiger charge is -2.01. The minimum Gasteiger partial charge on any atom is -0.137 e. The Hall–Kier alpha value is -0.0500. The molecule has 0 aliphatic carbocycles. The molecule has 1 heterocycles. The Labute approximate surface area is 92.2 Å². The molecule has 1 rings (SSSR count). The van der Waals surface area contributed by atoms with Crippen LogP contribution < -0.4 is 0 Å². The average Bonchev–Trinajstić information content (AvgIpc) is 2.11. The van der Waals surface area contributed by atoms with Crippen LogP contribution in [-0.4, -0.2) is 16.1 Å². The van der Waals surface area contributed by atoms with E-state index in [-0.39, 0.29) is 0 Å². The number of alkyl halides is 1. The van der Waals surface area contributed by atoms with Crippen LogP contribution in [0, 0.1) is 0 Å². The lowest BCUT2D eigenvalue weighted by atomic mass is 10.1. The van der Waals surface area contributed by atoms with Crippen LogP contribution in [0.25, 0.3) is 0 Å². The monoisotopic (exact) mass is 238 g/mol. The molecule has 2 nitrogen and oxygen atoms in total. The van der Waals surface area contributed by atoms with E-state index < -0.39 is 0 Å². The highest BCUT2D eigenvalue weighted by Crippen LogP contribution is 2.17. The second kappa shape index (κ2) is 5.63. The van der Waals surface area contributed by atoms with Crippen LogP contribution in [0.5, 0.6) is 0 Å². The van der Waals surface area contributed by atoms with E-state index in [9.17, 15) is 0 Å². The highest BCUT2D eigenvalue weighted by molar-refractivity contribution is 6.31. The topological polar surface area (TPSA) is 25.8 Å². The van der Waals surface area contributed by atoms with Gasteiger partial charge < -0.3 is 0 Å². The third kappa shape index (κ3) is 3.67. The van der Waals surface area contributed by atoms with Crippen molar-refractivity contribution in [3.63, 3.8) is 0 Å². The SMILES string of the molecule is ClCCCCc1cc(Cl)nnc1Cl. The van der Waals surface area contributed by atoms with Crippen molar-refractivity contribution in [1.29, 1.82) is 0 Å². The Kier molecular flexibility index (Phi) is 4.78. The summed E-state index contributed by atoms with van der Waals surface area (Å²) in [6.07, 6.45) is 2.81. The van der Waals surface area contributed by atoms with Crippen LogP contribution in [0.2, 0.25) is 10.3 Å². The van der Waals surface area contributed by atoms with Crippen molar-refractivity contribution in [3.8, 4) is 0 Å². The Morgan fingerprint density at radius 2 is 1.92 bits per heavy atom. The number of rotatable bonds is 4. The number of aromatic nitrogens is 2. The molecule has 0 aliphatic heterocycles. The first-order chi connectivity index (χ1) is 6.24. The zero-order chi connectivity index (χ0) is 9.68. The third-order valence-corrected chi connectivity index (χ3v) is 2.39. The molecule has 0 saturated heterocycles. The molecule has 0 unspecified atom stereocenters. The number of aryl methyl sites for hydroxylation is 1. The summed E-state index contributed by atoms with van der Waals surface area (Å²) in [7, 11) is 0. The molecule has 1 aromatic heterocycles. The van der Waals surface area contributed by atoms with Crippen LogP contribution in [0.15, 0.2) is 6.07 Å². The summed E-state index contributed by atoms with van der Waals surface area (Å²) in [5, 5.41) is 8.14. The van der Waals surface area contributed by atoms with Gasteiger partial charge in [-0.15, -0.1) is 21.8 Å². The molecule has 1 aromatic rings. The van der Waals surface area contributed by atoms with Gasteiger partial charge in [-0.1, -0.05) is 23.2 Å². The third-order valence-electron chi connectivity index (χ3n) is 1.62. The fraction of sp³-hybridized carbons (Fsp3) is 0.500. The van der Waals surface area contributed by atoms with Crippen LogP contribution in [0.1, 0.15) is 18.4 Å². The second-order valence-corrected chi connectivity index (χ2v) is 3.75. The van der Waals surface area contributed by atoms with E-state index in [1.807, 2.05) is 0 Å². The van der Waals surface area contributed by atoms with Gasteiger partial charge in [0.15, 0.2) is 10.3 Å². The first kappa shape index (κ1) is 11.0. The quantitative estimate of drug-likeness (QED) is 0.595. The fourth-order valence-corrected chi connectivity index (χ4v) is 1.52. The maximum Gasteiger partial charge on any atom is 0.155 e. The molecule has 0 N–H and O–H groups in total. The van der Waals surface area contributed by atoms with Crippen molar-refractivity contribution in [2.75, 3.05) is 5.88 Å². The van der Waals surface area contributed by atoms with E-state index in [0.29, 0.717) is 16.2 Å². The van der Waals surface area contributed by atoms with Gasteiger partial charge in [-0.05, 0) is 30.9 Å². The molecule has 0 fully saturated rings. The van der Waals surface area contributed by atoms with Crippen molar-refractivity contribution in [2.24, 2.45) is 0 Å². The molecular formula is C8H9Cl3N2. The molecule has 0 spiro atoms. The van der Waals surface area contributed by atoms with Gasteiger partial charge >= 0.3 is 0 Å². The van der Waals surface area contributed by atoms with Gasteiger partial charge in [0.2, 0.25) is 0 Å². The minimum absolute atomic E-state index is 0.380. The molecule has 0 bridgehead atoms. The molecule has 72 valence electrons. The Morgan fingerprint density at radius 3 is 2.62 bits per heavy atom. The molecule has 0 saturated carbocycles. The average molecular weight is 240 g/mol. The maximum atomic E-state index is 5.81. The minimum atomic E-state index is 0.380. The lowest BCUT2D eigenvalue weighted by molar-refractivity contribution is 0.791. The first-order valence-corrected chi connectivity index (χ1v) is 5.26. The summed E-state index contributed by atoms with van der Waals surface area (Å²) in [5.41, 5.74) is 0.937. The van der Waals surface area contributed by atoms with Gasteiger partial charge in [-0.2, -0.15) is 0 Å². The summed E-state index contributed by atoms with van der Waals surface area (Å²) in [5.74, 6) is 0.670. The standard InChI is InChI=1S/C8H9Cl3N2/c9-4-2-1-3-6-5-7(10)12-13-8(6)11/h5H,1-4H2. The number of halogens is 3. The Bertz CT molecular complexity index is 278. The van der Waals surface area contributed by atoms with Gasteiger partial charge in [0, 0.05) is 5.88 Å². The van der Waals surface area contributed by atoms with Gasteiger partial charge in [-0.3, -0.25) is 0 Å². The fourth-order valence-electron chi connectivity index (χ4n) is 0.973. The van der Waals surface area contributed by atoms with E-state index in [2.05, 4.69) is 10.2 Å². The molecule has 0 atom stereocenters. The molecule has 0 radical (unpaired) electrons. The van der Waals surface area contributed by atoms with E-state index in [0.717, 1.165) is 24.8 Å². The predicted octanol–water partition coefficient (Wildman–Crippen LogP) is 3.34. The van der Waals surface area contributed by atoms with Gasteiger partial charge in [0.05, 0.1) is 0 Å². The van der Waals surface area contributed by atoms with E-state index in [1.165, 1.54) is 0 Å². The van der Waals surface area contributed by atoms with Crippen LogP contribution in [-0.2, 0) is 6.42 Å². The van der Waals surface area contributed by atoms with Crippen molar-refractivity contribution >= 4 is 34.8 Å². The predicted molar refractivity (Wildman–Crippen MR) is 55.7 cm³/mol. The second-order valence-electron chi connectivity index (χ2n) is 2.63. The normalized spacial score (nSPS) is 10.4. The van der Waals surface area contributed by atoms with E-state index in [1.54, 1.807) is 6.07 Å². The first-order valence-electron chi connectivity index (χ1n) is 3.97. The van der Waals surface area contributed by atoms with Crippen LogP contribution >= 0.6 is 34.8 Å². The van der Waals surface area contributed by atoms with E-state index >= 15 is 0 Å². The zero-order valence-electron chi connectivity index (χ0n) is 6.93. The number of unbranched alkanes of at least 4 members (excludes halogenated alkanes) is 1. The lowest BCUT2D eigenvalue weighted by Crippen LogP contribution is -1.93. The molecular weight excluding hydrogens is 230 g/mol. The Morgan fingerprint density at radius 1 is 1.15 bits per heavy atom. The zero-order valence-corrected chi connectivity index (χ0v) is 9.20. The van der Waals surface area contributed by atoms with Crippen LogP contribution in [0.3, 0.4) is 0 Å².